The number of methoxy groups -OCH3 is 2. The quantitative estimate of drug-likeness (QED) is 0.892. The highest BCUT2D eigenvalue weighted by molar-refractivity contribution is 6.31. The molecule has 0 spiro atoms. The summed E-state index contributed by atoms with van der Waals surface area (Å²) in [4.78, 5) is 0. The Labute approximate surface area is 124 Å². The van der Waals surface area contributed by atoms with Crippen LogP contribution < -0.4 is 14.8 Å². The van der Waals surface area contributed by atoms with Crippen molar-refractivity contribution in [2.24, 2.45) is 0 Å². The van der Waals surface area contributed by atoms with Crippen molar-refractivity contribution in [3.05, 3.63) is 52.5 Å². The number of hydrogen-bond donors (Lipinski definition) is 1. The molecule has 0 atom stereocenters. The predicted octanol–water partition coefficient (Wildman–Crippen LogP) is 4.28. The lowest BCUT2D eigenvalue weighted by molar-refractivity contribution is 0.354. The second-order valence-electron chi connectivity index (χ2n) is 4.46. The lowest BCUT2D eigenvalue weighted by Crippen LogP contribution is -2.02. The summed E-state index contributed by atoms with van der Waals surface area (Å²) in [5.74, 6) is 1.46. The first kappa shape index (κ1) is 14.5. The van der Waals surface area contributed by atoms with Crippen molar-refractivity contribution in [1.82, 2.24) is 0 Å². The van der Waals surface area contributed by atoms with E-state index in [-0.39, 0.29) is 0 Å². The number of rotatable bonds is 5. The second kappa shape index (κ2) is 6.53. The molecule has 20 heavy (non-hydrogen) atoms. The van der Waals surface area contributed by atoms with Crippen LogP contribution in [0.1, 0.15) is 11.1 Å². The van der Waals surface area contributed by atoms with Gasteiger partial charge in [0, 0.05) is 17.3 Å². The molecule has 2 aromatic carbocycles. The SMILES string of the molecule is COc1ccc(CNc2cccc(Cl)c2C)cc1OC. The van der Waals surface area contributed by atoms with Crippen LogP contribution >= 0.6 is 11.6 Å². The van der Waals surface area contributed by atoms with Gasteiger partial charge in [0.2, 0.25) is 0 Å². The summed E-state index contributed by atoms with van der Waals surface area (Å²) in [6.07, 6.45) is 0. The Balaban J connectivity index is 2.13. The number of nitrogens with one attached hydrogen (secondary N) is 1. The monoisotopic (exact) mass is 291 g/mol. The highest BCUT2D eigenvalue weighted by Crippen LogP contribution is 2.28. The van der Waals surface area contributed by atoms with Crippen LogP contribution in [-0.2, 0) is 6.54 Å². The molecule has 0 aliphatic heterocycles. The minimum Gasteiger partial charge on any atom is -0.493 e. The zero-order valence-corrected chi connectivity index (χ0v) is 12.6. The summed E-state index contributed by atoms with van der Waals surface area (Å²) in [6.45, 7) is 2.70. The van der Waals surface area contributed by atoms with E-state index in [4.69, 9.17) is 21.1 Å². The van der Waals surface area contributed by atoms with Crippen LogP contribution in [0.5, 0.6) is 11.5 Å². The van der Waals surface area contributed by atoms with Gasteiger partial charge in [-0.25, -0.2) is 0 Å². The first-order valence-electron chi connectivity index (χ1n) is 6.35. The van der Waals surface area contributed by atoms with Crippen molar-refractivity contribution >= 4 is 17.3 Å². The summed E-state index contributed by atoms with van der Waals surface area (Å²) in [5.41, 5.74) is 3.20. The molecule has 2 aromatic rings. The molecular weight excluding hydrogens is 274 g/mol. The van der Waals surface area contributed by atoms with E-state index in [1.807, 2.05) is 43.3 Å². The minimum atomic E-state index is 0.696. The first-order chi connectivity index (χ1) is 9.65. The van der Waals surface area contributed by atoms with E-state index in [0.29, 0.717) is 6.54 Å². The lowest BCUT2D eigenvalue weighted by Gasteiger charge is -2.12. The van der Waals surface area contributed by atoms with E-state index in [0.717, 1.165) is 33.3 Å². The number of anilines is 1. The number of halogens is 1. The van der Waals surface area contributed by atoms with Crippen LogP contribution in [0.3, 0.4) is 0 Å². The molecule has 2 rings (SSSR count). The van der Waals surface area contributed by atoms with E-state index >= 15 is 0 Å². The van der Waals surface area contributed by atoms with Gasteiger partial charge in [-0.2, -0.15) is 0 Å². The normalized spacial score (nSPS) is 10.2. The summed E-state index contributed by atoms with van der Waals surface area (Å²) < 4.78 is 10.5. The topological polar surface area (TPSA) is 30.5 Å². The van der Waals surface area contributed by atoms with Crippen molar-refractivity contribution in [3.63, 3.8) is 0 Å². The van der Waals surface area contributed by atoms with Crippen molar-refractivity contribution in [1.29, 1.82) is 0 Å². The van der Waals surface area contributed by atoms with E-state index in [9.17, 15) is 0 Å². The smallest absolute Gasteiger partial charge is 0.161 e. The number of ether oxygens (including phenoxy) is 2. The van der Waals surface area contributed by atoms with Crippen LogP contribution in [-0.4, -0.2) is 14.2 Å². The van der Waals surface area contributed by atoms with Gasteiger partial charge in [-0.3, -0.25) is 0 Å². The zero-order chi connectivity index (χ0) is 14.5. The molecule has 0 fully saturated rings. The molecule has 0 radical (unpaired) electrons. The van der Waals surface area contributed by atoms with Crippen LogP contribution in [0.15, 0.2) is 36.4 Å². The van der Waals surface area contributed by atoms with E-state index < -0.39 is 0 Å². The van der Waals surface area contributed by atoms with E-state index in [2.05, 4.69) is 5.32 Å². The standard InChI is InChI=1S/C16H18ClNO2/c1-11-13(17)5-4-6-14(11)18-10-12-7-8-15(19-2)16(9-12)20-3/h4-9,18H,10H2,1-3H3. The molecule has 0 saturated heterocycles. The summed E-state index contributed by atoms with van der Waals surface area (Å²) >= 11 is 6.11. The molecule has 0 aliphatic carbocycles. The Morgan fingerprint density at radius 2 is 1.80 bits per heavy atom. The van der Waals surface area contributed by atoms with Gasteiger partial charge in [0.05, 0.1) is 14.2 Å². The molecule has 0 heterocycles. The van der Waals surface area contributed by atoms with Crippen molar-refractivity contribution in [3.8, 4) is 11.5 Å². The van der Waals surface area contributed by atoms with Gasteiger partial charge in [0.25, 0.3) is 0 Å². The Kier molecular flexibility index (Phi) is 4.74. The fraction of sp³-hybridized carbons (Fsp3) is 0.250. The Bertz CT molecular complexity index is 599. The number of benzene rings is 2. The van der Waals surface area contributed by atoms with Crippen molar-refractivity contribution in [2.45, 2.75) is 13.5 Å². The van der Waals surface area contributed by atoms with Gasteiger partial charge in [-0.15, -0.1) is 0 Å². The highest BCUT2D eigenvalue weighted by Gasteiger charge is 2.05. The largest absolute Gasteiger partial charge is 0.493 e. The highest BCUT2D eigenvalue weighted by atomic mass is 35.5. The maximum Gasteiger partial charge on any atom is 0.161 e. The average molecular weight is 292 g/mol. The van der Waals surface area contributed by atoms with Gasteiger partial charge in [-0.1, -0.05) is 23.7 Å². The maximum atomic E-state index is 6.11. The Morgan fingerprint density at radius 3 is 2.50 bits per heavy atom. The molecule has 0 unspecified atom stereocenters. The first-order valence-corrected chi connectivity index (χ1v) is 6.73. The fourth-order valence-electron chi connectivity index (χ4n) is 1.99. The van der Waals surface area contributed by atoms with Gasteiger partial charge >= 0.3 is 0 Å². The molecule has 0 amide bonds. The summed E-state index contributed by atoms with van der Waals surface area (Å²) in [5, 5.41) is 4.14. The van der Waals surface area contributed by atoms with Crippen molar-refractivity contribution in [2.75, 3.05) is 19.5 Å². The van der Waals surface area contributed by atoms with Crippen molar-refractivity contribution < 1.29 is 9.47 Å². The molecule has 0 aromatic heterocycles. The van der Waals surface area contributed by atoms with Crippen LogP contribution in [0.2, 0.25) is 5.02 Å². The molecule has 1 N–H and O–H groups in total. The predicted molar refractivity (Wildman–Crippen MR) is 83.1 cm³/mol. The van der Waals surface area contributed by atoms with Gasteiger partial charge < -0.3 is 14.8 Å². The Hall–Kier alpha value is -1.87. The number of hydrogen-bond acceptors (Lipinski definition) is 3. The van der Waals surface area contributed by atoms with Gasteiger partial charge in [-0.05, 0) is 42.3 Å². The molecule has 0 saturated carbocycles. The third-order valence-corrected chi connectivity index (χ3v) is 3.61. The van der Waals surface area contributed by atoms with Crippen LogP contribution in [0, 0.1) is 6.92 Å². The third-order valence-electron chi connectivity index (χ3n) is 3.20. The molecule has 0 bridgehead atoms. The van der Waals surface area contributed by atoms with E-state index in [1.54, 1.807) is 14.2 Å². The maximum absolute atomic E-state index is 6.11. The average Bonchev–Trinajstić information content (AvgIpc) is 2.48. The molecular formula is C16H18ClNO2. The van der Waals surface area contributed by atoms with Gasteiger partial charge in [0.1, 0.15) is 0 Å². The molecule has 4 heteroatoms. The Morgan fingerprint density at radius 1 is 1.05 bits per heavy atom. The van der Waals surface area contributed by atoms with Crippen LogP contribution in [0.25, 0.3) is 0 Å². The zero-order valence-electron chi connectivity index (χ0n) is 11.9. The summed E-state index contributed by atoms with van der Waals surface area (Å²) in [6, 6.07) is 11.7. The minimum absolute atomic E-state index is 0.696. The summed E-state index contributed by atoms with van der Waals surface area (Å²) in [7, 11) is 3.27. The van der Waals surface area contributed by atoms with E-state index in [1.165, 1.54) is 0 Å². The molecule has 0 aliphatic rings. The fourth-order valence-corrected chi connectivity index (χ4v) is 2.16. The molecule has 106 valence electrons. The lowest BCUT2D eigenvalue weighted by atomic mass is 10.1. The second-order valence-corrected chi connectivity index (χ2v) is 4.86. The van der Waals surface area contributed by atoms with Gasteiger partial charge in [0.15, 0.2) is 11.5 Å². The van der Waals surface area contributed by atoms with Crippen LogP contribution in [0.4, 0.5) is 5.69 Å². The molecule has 3 nitrogen and oxygen atoms in total. The third kappa shape index (κ3) is 3.17.